The van der Waals surface area contributed by atoms with Crippen LogP contribution in [0.15, 0.2) is 96.4 Å². The van der Waals surface area contributed by atoms with Crippen molar-refractivity contribution < 1.29 is 0 Å². The molecule has 0 amide bonds. The van der Waals surface area contributed by atoms with Crippen LogP contribution in [-0.4, -0.2) is 7.05 Å². The lowest BCUT2D eigenvalue weighted by Gasteiger charge is -2.20. The van der Waals surface area contributed by atoms with Crippen LogP contribution in [0, 0.1) is 13.8 Å². The Labute approximate surface area is 194 Å². The zero-order valence-electron chi connectivity index (χ0n) is 18.8. The zero-order valence-corrected chi connectivity index (χ0v) is 19.6. The molecule has 0 atom stereocenters. The van der Waals surface area contributed by atoms with E-state index in [1.165, 1.54) is 54.8 Å². The molecule has 0 fully saturated rings. The highest BCUT2D eigenvalue weighted by atomic mass is 32.1. The summed E-state index contributed by atoms with van der Waals surface area (Å²) in [7, 11) is 2.13. The number of hydrogen-bond acceptors (Lipinski definition) is 2. The number of rotatable bonds is 5. The number of nitrogens with zero attached hydrogens (tertiary/aromatic N) is 1. The smallest absolute Gasteiger partial charge is 0.0414 e. The molecule has 0 aliphatic heterocycles. The molecule has 0 aliphatic rings. The Bertz CT molecular complexity index is 1340. The second-order valence-electron chi connectivity index (χ2n) is 8.50. The molecule has 5 aromatic rings. The number of para-hydroxylation sites is 1. The Hall–Kier alpha value is -3.36. The molecule has 0 unspecified atom stereocenters. The molecule has 2 heteroatoms. The number of fused-ring (bicyclic) bond motifs is 1. The number of aryl methyl sites for hydroxylation is 2. The highest BCUT2D eigenvalue weighted by Crippen LogP contribution is 2.31. The maximum atomic E-state index is 2.35. The van der Waals surface area contributed by atoms with Crippen molar-refractivity contribution in [3.8, 4) is 10.4 Å². The van der Waals surface area contributed by atoms with E-state index in [2.05, 4.69) is 122 Å². The predicted octanol–water partition coefficient (Wildman–Crippen LogP) is 8.54. The van der Waals surface area contributed by atoms with Crippen molar-refractivity contribution in [3.05, 3.63) is 119 Å². The third-order valence-corrected chi connectivity index (χ3v) is 7.22. The molecule has 0 bridgehead atoms. The van der Waals surface area contributed by atoms with Crippen LogP contribution in [0.2, 0.25) is 0 Å². The Morgan fingerprint density at radius 1 is 0.688 bits per heavy atom. The highest BCUT2D eigenvalue weighted by molar-refractivity contribution is 7.13. The van der Waals surface area contributed by atoms with E-state index in [1.54, 1.807) is 11.3 Å². The maximum absolute atomic E-state index is 2.35. The minimum absolute atomic E-state index is 0.955. The van der Waals surface area contributed by atoms with Crippen molar-refractivity contribution in [3.63, 3.8) is 0 Å². The van der Waals surface area contributed by atoms with Crippen LogP contribution in [0.5, 0.6) is 0 Å². The summed E-state index contributed by atoms with van der Waals surface area (Å²) in [5.74, 6) is 0. The molecule has 1 nitrogen and oxygen atoms in total. The Balaban J connectivity index is 1.46. The standard InChI is InChI=1S/C30H27NS/c1-21-16-26(30-10-7-15-32-30)17-22(2)29(21)19-23-11-12-24-13-14-28(20-25(24)18-23)31(3)27-8-5-4-6-9-27/h4-18,20H,19H2,1-3H3. The molecule has 0 spiro atoms. The van der Waals surface area contributed by atoms with Crippen LogP contribution in [0.4, 0.5) is 11.4 Å². The summed E-state index contributed by atoms with van der Waals surface area (Å²) in [6, 6.07) is 33.1. The minimum Gasteiger partial charge on any atom is -0.345 e. The summed E-state index contributed by atoms with van der Waals surface area (Å²) in [6.07, 6.45) is 0.955. The maximum Gasteiger partial charge on any atom is 0.0414 e. The van der Waals surface area contributed by atoms with Gasteiger partial charge in [0.2, 0.25) is 0 Å². The molecule has 0 saturated carbocycles. The normalized spacial score (nSPS) is 11.1. The average Bonchev–Trinajstić information content (AvgIpc) is 3.36. The van der Waals surface area contributed by atoms with Crippen molar-refractivity contribution in [2.45, 2.75) is 20.3 Å². The molecule has 0 radical (unpaired) electrons. The van der Waals surface area contributed by atoms with Gasteiger partial charge in [-0.3, -0.25) is 0 Å². The van der Waals surface area contributed by atoms with Crippen LogP contribution in [-0.2, 0) is 6.42 Å². The molecular formula is C30H27NS. The number of benzene rings is 4. The van der Waals surface area contributed by atoms with Gasteiger partial charge in [0.15, 0.2) is 0 Å². The zero-order chi connectivity index (χ0) is 22.1. The third kappa shape index (κ3) is 4.06. The molecule has 5 rings (SSSR count). The number of thiophene rings is 1. The Morgan fingerprint density at radius 3 is 2.16 bits per heavy atom. The lowest BCUT2D eigenvalue weighted by Crippen LogP contribution is -2.08. The van der Waals surface area contributed by atoms with Crippen LogP contribution >= 0.6 is 11.3 Å². The van der Waals surface area contributed by atoms with E-state index < -0.39 is 0 Å². The van der Waals surface area contributed by atoms with Crippen molar-refractivity contribution >= 4 is 33.5 Å². The molecule has 0 aliphatic carbocycles. The van der Waals surface area contributed by atoms with Crippen LogP contribution in [0.1, 0.15) is 22.3 Å². The van der Waals surface area contributed by atoms with E-state index in [0.29, 0.717) is 0 Å². The average molecular weight is 434 g/mol. The van der Waals surface area contributed by atoms with Gasteiger partial charge in [0.25, 0.3) is 0 Å². The topological polar surface area (TPSA) is 3.24 Å². The van der Waals surface area contributed by atoms with Crippen molar-refractivity contribution in [1.29, 1.82) is 0 Å². The fourth-order valence-electron chi connectivity index (χ4n) is 4.46. The Kier molecular flexibility index (Phi) is 5.55. The summed E-state index contributed by atoms with van der Waals surface area (Å²) >= 11 is 1.80. The van der Waals surface area contributed by atoms with Crippen LogP contribution < -0.4 is 4.90 Å². The third-order valence-electron chi connectivity index (χ3n) is 6.30. The van der Waals surface area contributed by atoms with Gasteiger partial charge in [0.1, 0.15) is 0 Å². The first-order valence-corrected chi connectivity index (χ1v) is 11.9. The summed E-state index contributed by atoms with van der Waals surface area (Å²) in [4.78, 5) is 3.58. The van der Waals surface area contributed by atoms with Gasteiger partial charge in [-0.15, -0.1) is 11.3 Å². The number of anilines is 2. The van der Waals surface area contributed by atoms with Gasteiger partial charge in [-0.25, -0.2) is 0 Å². The van der Waals surface area contributed by atoms with Crippen molar-refractivity contribution in [2.24, 2.45) is 0 Å². The van der Waals surface area contributed by atoms with E-state index in [-0.39, 0.29) is 0 Å². The molecule has 1 heterocycles. The largest absolute Gasteiger partial charge is 0.345 e. The lowest BCUT2D eigenvalue weighted by molar-refractivity contribution is 1.13. The molecule has 1 aromatic heterocycles. The first kappa shape index (κ1) is 20.5. The molecular weight excluding hydrogens is 406 g/mol. The summed E-state index contributed by atoms with van der Waals surface area (Å²) in [5.41, 5.74) is 9.24. The molecule has 0 saturated heterocycles. The van der Waals surface area contributed by atoms with Crippen LogP contribution in [0.25, 0.3) is 21.2 Å². The van der Waals surface area contributed by atoms with Crippen LogP contribution in [0.3, 0.4) is 0 Å². The van der Waals surface area contributed by atoms with Gasteiger partial charge >= 0.3 is 0 Å². The van der Waals surface area contributed by atoms with E-state index >= 15 is 0 Å². The quantitative estimate of drug-likeness (QED) is 0.268. The van der Waals surface area contributed by atoms with Gasteiger partial charge in [-0.1, -0.05) is 60.7 Å². The molecule has 32 heavy (non-hydrogen) atoms. The van der Waals surface area contributed by atoms with E-state index in [1.807, 2.05) is 0 Å². The Morgan fingerprint density at radius 2 is 1.44 bits per heavy atom. The second-order valence-corrected chi connectivity index (χ2v) is 9.45. The number of hydrogen-bond donors (Lipinski definition) is 0. The summed E-state index contributed by atoms with van der Waals surface area (Å²) in [5, 5.41) is 4.71. The second kappa shape index (κ2) is 8.64. The SMILES string of the molecule is Cc1cc(-c2cccs2)cc(C)c1Cc1ccc2ccc(N(C)c3ccccc3)cc2c1. The fraction of sp³-hybridized carbons (Fsp3) is 0.133. The first-order valence-electron chi connectivity index (χ1n) is 11.0. The highest BCUT2D eigenvalue weighted by Gasteiger charge is 2.10. The van der Waals surface area contributed by atoms with Gasteiger partial charge in [0.05, 0.1) is 0 Å². The predicted molar refractivity (Wildman–Crippen MR) is 140 cm³/mol. The van der Waals surface area contributed by atoms with Gasteiger partial charge in [0, 0.05) is 23.3 Å². The monoisotopic (exact) mass is 433 g/mol. The van der Waals surface area contributed by atoms with E-state index in [4.69, 9.17) is 0 Å². The minimum atomic E-state index is 0.955. The van der Waals surface area contributed by atoms with Crippen molar-refractivity contribution in [2.75, 3.05) is 11.9 Å². The molecule has 0 N–H and O–H groups in total. The fourth-order valence-corrected chi connectivity index (χ4v) is 5.18. The summed E-state index contributed by atoms with van der Waals surface area (Å²) in [6.45, 7) is 4.49. The first-order chi connectivity index (χ1) is 15.6. The molecule has 4 aromatic carbocycles. The van der Waals surface area contributed by atoms with Gasteiger partial charge in [-0.05, 0) is 94.6 Å². The summed E-state index contributed by atoms with van der Waals surface area (Å²) < 4.78 is 0. The van der Waals surface area contributed by atoms with Crippen molar-refractivity contribution in [1.82, 2.24) is 0 Å². The van der Waals surface area contributed by atoms with E-state index in [0.717, 1.165) is 6.42 Å². The molecule has 158 valence electrons. The van der Waals surface area contributed by atoms with Gasteiger partial charge in [-0.2, -0.15) is 0 Å². The lowest BCUT2D eigenvalue weighted by atomic mass is 9.92. The van der Waals surface area contributed by atoms with Gasteiger partial charge < -0.3 is 4.90 Å². The van der Waals surface area contributed by atoms with E-state index in [9.17, 15) is 0 Å².